The molecule has 0 fully saturated rings. The highest BCUT2D eigenvalue weighted by Gasteiger charge is 2.17. The van der Waals surface area contributed by atoms with Crippen LogP contribution in [0.15, 0.2) is 18.3 Å². The Bertz CT molecular complexity index is 546. The van der Waals surface area contributed by atoms with Gasteiger partial charge in [-0.3, -0.25) is 4.98 Å². The third-order valence-electron chi connectivity index (χ3n) is 2.36. The highest BCUT2D eigenvalue weighted by atomic mass is 32.1. The van der Waals surface area contributed by atoms with Gasteiger partial charge in [-0.15, -0.1) is 11.3 Å². The molecule has 0 saturated heterocycles. The van der Waals surface area contributed by atoms with Crippen molar-refractivity contribution in [2.75, 3.05) is 0 Å². The molecule has 0 aliphatic rings. The number of thiazole rings is 1. The van der Waals surface area contributed by atoms with Crippen LogP contribution in [0.1, 0.15) is 27.9 Å². The maximum absolute atomic E-state index is 11.0. The van der Waals surface area contributed by atoms with Gasteiger partial charge < -0.3 is 5.11 Å². The summed E-state index contributed by atoms with van der Waals surface area (Å²) in [5.74, 6) is -0.919. The first-order chi connectivity index (χ1) is 8.11. The summed E-state index contributed by atoms with van der Waals surface area (Å²) in [4.78, 5) is 19.9. The average molecular weight is 248 g/mol. The first-order valence-electron chi connectivity index (χ1n) is 5.28. The van der Waals surface area contributed by atoms with E-state index >= 15 is 0 Å². The zero-order valence-electron chi connectivity index (χ0n) is 9.60. The molecule has 0 bridgehead atoms. The van der Waals surface area contributed by atoms with Crippen LogP contribution in [0.2, 0.25) is 0 Å². The molecule has 0 aliphatic heterocycles. The van der Waals surface area contributed by atoms with Crippen LogP contribution in [0.5, 0.6) is 0 Å². The van der Waals surface area contributed by atoms with Crippen molar-refractivity contribution in [1.29, 1.82) is 0 Å². The van der Waals surface area contributed by atoms with Crippen molar-refractivity contribution >= 4 is 17.3 Å². The summed E-state index contributed by atoms with van der Waals surface area (Å²) in [6.45, 7) is 3.85. The van der Waals surface area contributed by atoms with Gasteiger partial charge in [0.15, 0.2) is 0 Å². The van der Waals surface area contributed by atoms with Crippen LogP contribution in [-0.2, 0) is 6.42 Å². The number of aryl methyl sites for hydroxylation is 2. The number of hydrogen-bond donors (Lipinski definition) is 1. The molecular formula is C12H12N2O2S. The normalized spacial score (nSPS) is 10.5. The lowest BCUT2D eigenvalue weighted by Crippen LogP contribution is -1.97. The lowest BCUT2D eigenvalue weighted by atomic mass is 10.3. The van der Waals surface area contributed by atoms with Crippen molar-refractivity contribution in [2.45, 2.75) is 20.3 Å². The number of hydrogen-bond acceptors (Lipinski definition) is 4. The molecule has 88 valence electrons. The van der Waals surface area contributed by atoms with Crippen molar-refractivity contribution in [3.05, 3.63) is 34.5 Å². The summed E-state index contributed by atoms with van der Waals surface area (Å²) < 4.78 is 0. The summed E-state index contributed by atoms with van der Waals surface area (Å²) in [5, 5.41) is 9.72. The Morgan fingerprint density at radius 1 is 1.47 bits per heavy atom. The maximum Gasteiger partial charge on any atom is 0.347 e. The monoisotopic (exact) mass is 248 g/mol. The standard InChI is InChI=1S/C12H12N2O2S/c1-3-8-10(12(15)16)17-11(14-8)9-5-4-7(2)6-13-9/h4-6H,3H2,1-2H3,(H,15,16). The number of carboxylic acid groups (broad SMARTS) is 1. The molecule has 0 amide bonds. The van der Waals surface area contributed by atoms with Crippen molar-refractivity contribution < 1.29 is 9.90 Å². The minimum absolute atomic E-state index is 0.310. The molecule has 0 spiro atoms. The molecule has 5 heteroatoms. The molecule has 2 heterocycles. The second kappa shape index (κ2) is 4.63. The SMILES string of the molecule is CCc1nc(-c2ccc(C)cn2)sc1C(=O)O. The molecular weight excluding hydrogens is 236 g/mol. The van der Waals surface area contributed by atoms with E-state index in [1.807, 2.05) is 26.0 Å². The van der Waals surface area contributed by atoms with Gasteiger partial charge in [0, 0.05) is 6.20 Å². The Hall–Kier alpha value is -1.75. The van der Waals surface area contributed by atoms with Crippen molar-refractivity contribution in [3.8, 4) is 10.7 Å². The molecule has 4 nitrogen and oxygen atoms in total. The summed E-state index contributed by atoms with van der Waals surface area (Å²) >= 11 is 1.18. The van der Waals surface area contributed by atoms with E-state index in [1.165, 1.54) is 11.3 Å². The lowest BCUT2D eigenvalue weighted by Gasteiger charge is -1.95. The largest absolute Gasteiger partial charge is 0.477 e. The number of aromatic nitrogens is 2. The number of carboxylic acids is 1. The van der Waals surface area contributed by atoms with E-state index in [1.54, 1.807) is 6.20 Å². The van der Waals surface area contributed by atoms with Crippen LogP contribution in [0.4, 0.5) is 0 Å². The highest BCUT2D eigenvalue weighted by Crippen LogP contribution is 2.27. The zero-order valence-corrected chi connectivity index (χ0v) is 10.4. The summed E-state index contributed by atoms with van der Waals surface area (Å²) in [6.07, 6.45) is 2.37. The number of aromatic carboxylic acids is 1. The zero-order chi connectivity index (χ0) is 12.4. The third-order valence-corrected chi connectivity index (χ3v) is 3.47. The van der Waals surface area contributed by atoms with E-state index in [2.05, 4.69) is 9.97 Å². The predicted octanol–water partition coefficient (Wildman–Crippen LogP) is 2.77. The fourth-order valence-electron chi connectivity index (χ4n) is 1.46. The van der Waals surface area contributed by atoms with Gasteiger partial charge in [-0.1, -0.05) is 13.0 Å². The quantitative estimate of drug-likeness (QED) is 0.907. The minimum Gasteiger partial charge on any atom is -0.477 e. The van der Waals surface area contributed by atoms with Crippen molar-refractivity contribution in [2.24, 2.45) is 0 Å². The number of nitrogens with zero attached hydrogens (tertiary/aromatic N) is 2. The van der Waals surface area contributed by atoms with Crippen LogP contribution in [-0.4, -0.2) is 21.0 Å². The Balaban J connectivity index is 2.46. The fourth-order valence-corrected chi connectivity index (χ4v) is 2.43. The van der Waals surface area contributed by atoms with Crippen LogP contribution < -0.4 is 0 Å². The average Bonchev–Trinajstić information content (AvgIpc) is 2.74. The van der Waals surface area contributed by atoms with Crippen LogP contribution in [0.25, 0.3) is 10.7 Å². The van der Waals surface area contributed by atoms with Gasteiger partial charge in [0.1, 0.15) is 9.88 Å². The smallest absolute Gasteiger partial charge is 0.347 e. The number of rotatable bonds is 3. The first kappa shape index (κ1) is 11.7. The van der Waals surface area contributed by atoms with Gasteiger partial charge in [0.25, 0.3) is 0 Å². The van der Waals surface area contributed by atoms with Crippen LogP contribution >= 0.6 is 11.3 Å². The Morgan fingerprint density at radius 2 is 2.24 bits per heavy atom. The van der Waals surface area contributed by atoms with Crippen molar-refractivity contribution in [1.82, 2.24) is 9.97 Å². The number of carbonyl (C=O) groups is 1. The second-order valence-corrected chi connectivity index (χ2v) is 4.67. The molecule has 0 saturated carbocycles. The molecule has 2 aromatic rings. The van der Waals surface area contributed by atoms with E-state index in [0.717, 1.165) is 11.3 Å². The molecule has 0 aromatic carbocycles. The van der Waals surface area contributed by atoms with Gasteiger partial charge in [-0.2, -0.15) is 0 Å². The van der Waals surface area contributed by atoms with Gasteiger partial charge >= 0.3 is 5.97 Å². The Morgan fingerprint density at radius 3 is 2.71 bits per heavy atom. The van der Waals surface area contributed by atoms with E-state index in [-0.39, 0.29) is 0 Å². The second-order valence-electron chi connectivity index (χ2n) is 3.67. The predicted molar refractivity (Wildman–Crippen MR) is 66.4 cm³/mol. The molecule has 0 atom stereocenters. The van der Waals surface area contributed by atoms with Gasteiger partial charge in [0.05, 0.1) is 11.4 Å². The lowest BCUT2D eigenvalue weighted by molar-refractivity contribution is 0.0701. The topological polar surface area (TPSA) is 63.1 Å². The van der Waals surface area contributed by atoms with Crippen molar-refractivity contribution in [3.63, 3.8) is 0 Å². The maximum atomic E-state index is 11.0. The third kappa shape index (κ3) is 2.34. The Kier molecular flexibility index (Phi) is 3.19. The summed E-state index contributed by atoms with van der Waals surface area (Å²) in [6, 6.07) is 3.80. The molecule has 0 unspecified atom stereocenters. The summed E-state index contributed by atoms with van der Waals surface area (Å²) in [5.41, 5.74) is 2.42. The van der Waals surface area contributed by atoms with Crippen LogP contribution in [0.3, 0.4) is 0 Å². The molecule has 2 aromatic heterocycles. The van der Waals surface area contributed by atoms with Gasteiger partial charge in [0.2, 0.25) is 0 Å². The fraction of sp³-hybridized carbons (Fsp3) is 0.250. The van der Waals surface area contributed by atoms with Gasteiger partial charge in [-0.25, -0.2) is 9.78 Å². The number of pyridine rings is 1. The van der Waals surface area contributed by atoms with E-state index in [0.29, 0.717) is 22.0 Å². The molecule has 0 aliphatic carbocycles. The van der Waals surface area contributed by atoms with E-state index < -0.39 is 5.97 Å². The molecule has 0 radical (unpaired) electrons. The molecule has 1 N–H and O–H groups in total. The summed E-state index contributed by atoms with van der Waals surface area (Å²) in [7, 11) is 0. The Labute approximate surface area is 103 Å². The van der Waals surface area contributed by atoms with Gasteiger partial charge in [-0.05, 0) is 25.0 Å². The molecule has 2 rings (SSSR count). The first-order valence-corrected chi connectivity index (χ1v) is 6.09. The van der Waals surface area contributed by atoms with Crippen LogP contribution in [0, 0.1) is 6.92 Å². The molecule has 17 heavy (non-hydrogen) atoms. The highest BCUT2D eigenvalue weighted by molar-refractivity contribution is 7.17. The minimum atomic E-state index is -0.919. The van der Waals surface area contributed by atoms with E-state index in [9.17, 15) is 4.79 Å². The van der Waals surface area contributed by atoms with E-state index in [4.69, 9.17) is 5.11 Å².